The molecule has 1 amide bonds. The third-order valence-electron chi connectivity index (χ3n) is 2.01. The number of rotatable bonds is 1. The third kappa shape index (κ3) is 1.65. The lowest BCUT2D eigenvalue weighted by Gasteiger charge is -2.09. The molecule has 0 bridgehead atoms. The number of benzene rings is 1. The minimum Gasteiger partial charge on any atom is -0.447 e. The molecule has 1 unspecified atom stereocenters. The van der Waals surface area contributed by atoms with Gasteiger partial charge in [-0.25, -0.2) is 9.18 Å². The van der Waals surface area contributed by atoms with E-state index in [1.54, 1.807) is 0 Å². The molecule has 0 aromatic heterocycles. The average Bonchev–Trinajstić information content (AvgIpc) is 2.56. The summed E-state index contributed by atoms with van der Waals surface area (Å²) in [6.45, 7) is 0.183. The molecule has 1 aromatic rings. The highest BCUT2D eigenvalue weighted by atomic mass is 35.5. The van der Waals surface area contributed by atoms with Gasteiger partial charge in [-0.2, -0.15) is 0 Å². The lowest BCUT2D eigenvalue weighted by molar-refractivity contribution is 0.177. The van der Waals surface area contributed by atoms with Crippen molar-refractivity contribution < 1.29 is 13.9 Å². The first-order valence-corrected chi connectivity index (χ1v) is 4.43. The summed E-state index contributed by atoms with van der Waals surface area (Å²) < 4.78 is 17.6. The minimum absolute atomic E-state index is 0.183. The number of nitrogens with one attached hydrogen (secondary N) is 1. The van der Waals surface area contributed by atoms with Crippen LogP contribution in [0.5, 0.6) is 0 Å². The Morgan fingerprint density at radius 2 is 2.36 bits per heavy atom. The van der Waals surface area contributed by atoms with Crippen molar-refractivity contribution in [1.82, 2.24) is 5.32 Å². The molecule has 1 fully saturated rings. The van der Waals surface area contributed by atoms with Crippen molar-refractivity contribution in [2.75, 3.05) is 6.61 Å². The number of amides is 1. The zero-order valence-electron chi connectivity index (χ0n) is 7.09. The fourth-order valence-electron chi connectivity index (χ4n) is 1.33. The molecule has 1 aliphatic rings. The molecule has 0 spiro atoms. The molecule has 1 heterocycles. The summed E-state index contributed by atoms with van der Waals surface area (Å²) in [5.74, 6) is -0.384. The molecule has 0 radical (unpaired) electrons. The van der Waals surface area contributed by atoms with Gasteiger partial charge in [0.15, 0.2) is 0 Å². The van der Waals surface area contributed by atoms with Crippen molar-refractivity contribution in [1.29, 1.82) is 0 Å². The van der Waals surface area contributed by atoms with E-state index in [1.165, 1.54) is 18.2 Å². The number of alkyl carbamates (subject to hydrolysis) is 1. The molecule has 5 heteroatoms. The lowest BCUT2D eigenvalue weighted by Crippen LogP contribution is -2.18. The molecule has 3 nitrogen and oxygen atoms in total. The van der Waals surface area contributed by atoms with Crippen molar-refractivity contribution in [3.63, 3.8) is 0 Å². The summed E-state index contributed by atoms with van der Waals surface area (Å²) in [4.78, 5) is 10.8. The summed E-state index contributed by atoms with van der Waals surface area (Å²) in [6.07, 6.45) is -0.504. The van der Waals surface area contributed by atoms with Gasteiger partial charge in [0.05, 0.1) is 6.04 Å². The summed E-state index contributed by atoms with van der Waals surface area (Å²) in [5, 5.41) is 2.94. The first-order chi connectivity index (χ1) is 6.66. The first-order valence-electron chi connectivity index (χ1n) is 4.05. The van der Waals surface area contributed by atoms with Gasteiger partial charge in [0, 0.05) is 5.02 Å². The Labute approximate surface area is 84.8 Å². The molecule has 1 N–H and O–H groups in total. The fourth-order valence-corrected chi connectivity index (χ4v) is 1.58. The van der Waals surface area contributed by atoms with Crippen LogP contribution in [0, 0.1) is 5.82 Å². The molecule has 14 heavy (non-hydrogen) atoms. The lowest BCUT2D eigenvalue weighted by atomic mass is 10.1. The van der Waals surface area contributed by atoms with Crippen LogP contribution >= 0.6 is 11.6 Å². The number of cyclic esters (lactones) is 1. The van der Waals surface area contributed by atoms with E-state index in [1.807, 2.05) is 0 Å². The number of carbonyl (C=O) groups is 1. The molecule has 1 saturated heterocycles. The van der Waals surface area contributed by atoms with Gasteiger partial charge in [0.1, 0.15) is 12.4 Å². The highest BCUT2D eigenvalue weighted by molar-refractivity contribution is 6.31. The first kappa shape index (κ1) is 9.27. The van der Waals surface area contributed by atoms with Crippen LogP contribution in [0.2, 0.25) is 5.02 Å². The van der Waals surface area contributed by atoms with E-state index in [-0.39, 0.29) is 18.5 Å². The molecular formula is C9H7ClFNO2. The van der Waals surface area contributed by atoms with Gasteiger partial charge >= 0.3 is 6.09 Å². The van der Waals surface area contributed by atoms with Gasteiger partial charge in [0.2, 0.25) is 0 Å². The zero-order valence-corrected chi connectivity index (χ0v) is 7.84. The third-order valence-corrected chi connectivity index (χ3v) is 2.35. The number of halogens is 2. The van der Waals surface area contributed by atoms with E-state index in [0.29, 0.717) is 10.6 Å². The maximum absolute atomic E-state index is 12.9. The van der Waals surface area contributed by atoms with Crippen molar-refractivity contribution in [2.45, 2.75) is 6.04 Å². The maximum atomic E-state index is 12.9. The van der Waals surface area contributed by atoms with Gasteiger partial charge in [-0.05, 0) is 23.8 Å². The predicted octanol–water partition coefficient (Wildman–Crippen LogP) is 2.26. The highest BCUT2D eigenvalue weighted by Crippen LogP contribution is 2.26. The second-order valence-electron chi connectivity index (χ2n) is 2.96. The van der Waals surface area contributed by atoms with E-state index in [0.717, 1.165) is 0 Å². The SMILES string of the molecule is O=C1NC(c2cc(F)ccc2Cl)CO1. The summed E-state index contributed by atoms with van der Waals surface area (Å²) in [5.41, 5.74) is 0.539. The zero-order chi connectivity index (χ0) is 10.1. The summed E-state index contributed by atoms with van der Waals surface area (Å²) in [7, 11) is 0. The average molecular weight is 216 g/mol. The Balaban J connectivity index is 2.31. The molecule has 74 valence electrons. The Hall–Kier alpha value is -1.29. The molecule has 1 aromatic carbocycles. The smallest absolute Gasteiger partial charge is 0.407 e. The number of carbonyl (C=O) groups excluding carboxylic acids is 1. The Morgan fingerprint density at radius 3 is 3.00 bits per heavy atom. The van der Waals surface area contributed by atoms with Gasteiger partial charge in [-0.1, -0.05) is 11.6 Å². The second kappa shape index (κ2) is 3.46. The van der Waals surface area contributed by atoms with E-state index in [9.17, 15) is 9.18 Å². The van der Waals surface area contributed by atoms with Crippen molar-refractivity contribution in [2.24, 2.45) is 0 Å². The van der Waals surface area contributed by atoms with Crippen molar-refractivity contribution in [3.05, 3.63) is 34.6 Å². The van der Waals surface area contributed by atoms with Crippen LogP contribution in [0.15, 0.2) is 18.2 Å². The standard InChI is InChI=1S/C9H7ClFNO2/c10-7-2-1-5(11)3-6(7)8-4-14-9(13)12-8/h1-3,8H,4H2,(H,12,13). The van der Waals surface area contributed by atoms with Crippen LogP contribution in [0.25, 0.3) is 0 Å². The van der Waals surface area contributed by atoms with E-state index < -0.39 is 6.09 Å². The van der Waals surface area contributed by atoms with Crippen LogP contribution in [0.4, 0.5) is 9.18 Å². The van der Waals surface area contributed by atoms with Crippen LogP contribution in [0.1, 0.15) is 11.6 Å². The normalized spacial score (nSPS) is 20.4. The maximum Gasteiger partial charge on any atom is 0.407 e. The number of hydrogen-bond donors (Lipinski definition) is 1. The van der Waals surface area contributed by atoms with Crippen LogP contribution < -0.4 is 5.32 Å². The minimum atomic E-state index is -0.504. The predicted molar refractivity (Wildman–Crippen MR) is 48.6 cm³/mol. The second-order valence-corrected chi connectivity index (χ2v) is 3.37. The Kier molecular flexibility index (Phi) is 2.29. The fraction of sp³-hybridized carbons (Fsp3) is 0.222. The van der Waals surface area contributed by atoms with Crippen LogP contribution in [-0.4, -0.2) is 12.7 Å². The van der Waals surface area contributed by atoms with Crippen LogP contribution in [0.3, 0.4) is 0 Å². The van der Waals surface area contributed by atoms with Gasteiger partial charge < -0.3 is 10.1 Å². The topological polar surface area (TPSA) is 38.3 Å². The van der Waals surface area contributed by atoms with Crippen molar-refractivity contribution >= 4 is 17.7 Å². The molecule has 2 rings (SSSR count). The molecule has 0 saturated carbocycles. The Morgan fingerprint density at radius 1 is 1.57 bits per heavy atom. The highest BCUT2D eigenvalue weighted by Gasteiger charge is 2.25. The largest absolute Gasteiger partial charge is 0.447 e. The van der Waals surface area contributed by atoms with E-state index >= 15 is 0 Å². The van der Waals surface area contributed by atoms with Crippen molar-refractivity contribution in [3.8, 4) is 0 Å². The molecule has 0 aliphatic carbocycles. The molecule has 1 aliphatic heterocycles. The Bertz CT molecular complexity index is 383. The van der Waals surface area contributed by atoms with Gasteiger partial charge in [-0.15, -0.1) is 0 Å². The van der Waals surface area contributed by atoms with Gasteiger partial charge in [-0.3, -0.25) is 0 Å². The van der Waals surface area contributed by atoms with E-state index in [2.05, 4.69) is 10.1 Å². The van der Waals surface area contributed by atoms with Gasteiger partial charge in [0.25, 0.3) is 0 Å². The van der Waals surface area contributed by atoms with E-state index in [4.69, 9.17) is 11.6 Å². The quantitative estimate of drug-likeness (QED) is 0.781. The number of hydrogen-bond acceptors (Lipinski definition) is 2. The summed E-state index contributed by atoms with van der Waals surface area (Å²) >= 11 is 5.85. The summed E-state index contributed by atoms with van der Waals surface area (Å²) in [6, 6.07) is 3.66. The molecule has 1 atom stereocenters. The monoisotopic (exact) mass is 215 g/mol. The number of ether oxygens (including phenoxy) is 1. The van der Waals surface area contributed by atoms with Crippen LogP contribution in [-0.2, 0) is 4.74 Å². The molecular weight excluding hydrogens is 209 g/mol.